The van der Waals surface area contributed by atoms with Gasteiger partial charge in [0.1, 0.15) is 0 Å². The number of halogens is 2. The lowest BCUT2D eigenvalue weighted by atomic mass is 10.1. The molecule has 1 aromatic rings. The average Bonchev–Trinajstić information content (AvgIpc) is 2.19. The Morgan fingerprint density at radius 3 is 2.93 bits per heavy atom. The van der Waals surface area contributed by atoms with Gasteiger partial charge in [-0.1, -0.05) is 11.6 Å². The maximum absolute atomic E-state index is 10.2. The number of carboxylic acid groups (broad SMARTS) is 1. The van der Waals surface area contributed by atoms with Gasteiger partial charge in [0.25, 0.3) is 0 Å². The van der Waals surface area contributed by atoms with Crippen molar-refractivity contribution in [1.29, 1.82) is 0 Å². The molecule has 2 N–H and O–H groups in total. The van der Waals surface area contributed by atoms with E-state index in [0.29, 0.717) is 23.9 Å². The smallest absolute Gasteiger partial charge is 0.404 e. The predicted octanol–water partition coefficient (Wildman–Crippen LogP) is 2.28. The lowest BCUT2D eigenvalue weighted by Gasteiger charge is -2.06. The second kappa shape index (κ2) is 5.78. The van der Waals surface area contributed by atoms with Crippen molar-refractivity contribution >= 4 is 29.3 Å². The quantitative estimate of drug-likeness (QED) is 0.804. The van der Waals surface area contributed by atoms with Crippen molar-refractivity contribution < 1.29 is 9.90 Å². The number of rotatable bonds is 4. The molecule has 0 fully saturated rings. The molecular formula is C9H10Cl2N2O2. The van der Waals surface area contributed by atoms with Crippen molar-refractivity contribution in [2.24, 2.45) is 0 Å². The molecular weight excluding hydrogens is 239 g/mol. The summed E-state index contributed by atoms with van der Waals surface area (Å²) in [6.07, 6.45) is 0.982. The van der Waals surface area contributed by atoms with Crippen LogP contribution in [0.4, 0.5) is 4.79 Å². The van der Waals surface area contributed by atoms with Gasteiger partial charge in [-0.2, -0.15) is 0 Å². The van der Waals surface area contributed by atoms with E-state index in [0.717, 1.165) is 11.3 Å². The molecule has 6 heteroatoms. The fourth-order valence-corrected chi connectivity index (χ4v) is 1.55. The van der Waals surface area contributed by atoms with Crippen LogP contribution in [0.1, 0.15) is 11.3 Å². The number of amides is 1. The zero-order valence-electron chi connectivity index (χ0n) is 7.83. The van der Waals surface area contributed by atoms with E-state index >= 15 is 0 Å². The summed E-state index contributed by atoms with van der Waals surface area (Å²) in [7, 11) is 0. The molecule has 0 radical (unpaired) electrons. The number of nitrogens with zero attached hydrogens (tertiary/aromatic N) is 1. The third-order valence-electron chi connectivity index (χ3n) is 1.81. The molecule has 0 aliphatic carbocycles. The fourth-order valence-electron chi connectivity index (χ4n) is 1.14. The molecule has 1 heterocycles. The first-order valence-corrected chi connectivity index (χ1v) is 5.20. The molecule has 4 nitrogen and oxygen atoms in total. The zero-order chi connectivity index (χ0) is 11.3. The summed E-state index contributed by atoms with van der Waals surface area (Å²) in [5, 5.41) is 11.2. The molecule has 1 aromatic heterocycles. The molecule has 0 spiro atoms. The van der Waals surface area contributed by atoms with Gasteiger partial charge in [0.2, 0.25) is 0 Å². The maximum atomic E-state index is 10.2. The van der Waals surface area contributed by atoms with Crippen LogP contribution in [0.2, 0.25) is 5.02 Å². The molecule has 82 valence electrons. The van der Waals surface area contributed by atoms with Gasteiger partial charge in [-0.15, -0.1) is 11.6 Å². The molecule has 0 aromatic carbocycles. The number of nitrogens with one attached hydrogen (secondary N) is 1. The SMILES string of the molecule is O=C(O)NCCc1ncc(Cl)cc1CCl. The van der Waals surface area contributed by atoms with E-state index in [1.165, 1.54) is 6.20 Å². The number of carbonyl (C=O) groups is 1. The Morgan fingerprint density at radius 1 is 1.60 bits per heavy atom. The number of alkyl halides is 1. The Hall–Kier alpha value is -1.000. The minimum absolute atomic E-state index is 0.313. The molecule has 0 unspecified atom stereocenters. The third kappa shape index (κ3) is 3.93. The van der Waals surface area contributed by atoms with Gasteiger partial charge < -0.3 is 10.4 Å². The van der Waals surface area contributed by atoms with Gasteiger partial charge in [-0.3, -0.25) is 4.98 Å². The minimum Gasteiger partial charge on any atom is -0.465 e. The number of aromatic nitrogens is 1. The predicted molar refractivity (Wildman–Crippen MR) is 58.5 cm³/mol. The summed E-state index contributed by atoms with van der Waals surface area (Å²) in [5.41, 5.74) is 1.60. The van der Waals surface area contributed by atoms with E-state index in [4.69, 9.17) is 28.3 Å². The normalized spacial score (nSPS) is 10.0. The van der Waals surface area contributed by atoms with Crippen LogP contribution in [0.15, 0.2) is 12.3 Å². The second-order valence-corrected chi connectivity index (χ2v) is 3.58. The molecule has 0 aliphatic heterocycles. The van der Waals surface area contributed by atoms with E-state index in [1.807, 2.05) is 0 Å². The topological polar surface area (TPSA) is 62.2 Å². The Balaban J connectivity index is 2.63. The molecule has 0 saturated carbocycles. The first-order valence-electron chi connectivity index (χ1n) is 4.29. The Labute approximate surface area is 97.2 Å². The van der Waals surface area contributed by atoms with Crippen molar-refractivity contribution in [3.8, 4) is 0 Å². The Kier molecular flexibility index (Phi) is 4.65. The monoisotopic (exact) mass is 248 g/mol. The molecule has 1 amide bonds. The summed E-state index contributed by atoms with van der Waals surface area (Å²) < 4.78 is 0. The van der Waals surface area contributed by atoms with E-state index in [-0.39, 0.29) is 0 Å². The maximum Gasteiger partial charge on any atom is 0.404 e. The van der Waals surface area contributed by atoms with Crippen LogP contribution in [0, 0.1) is 0 Å². The largest absolute Gasteiger partial charge is 0.465 e. The van der Waals surface area contributed by atoms with Crippen molar-refractivity contribution in [3.63, 3.8) is 0 Å². The lowest BCUT2D eigenvalue weighted by Crippen LogP contribution is -2.23. The van der Waals surface area contributed by atoms with E-state index in [1.54, 1.807) is 6.07 Å². The fraction of sp³-hybridized carbons (Fsp3) is 0.333. The van der Waals surface area contributed by atoms with Gasteiger partial charge in [-0.25, -0.2) is 4.79 Å². The van der Waals surface area contributed by atoms with Gasteiger partial charge in [0.15, 0.2) is 0 Å². The average molecular weight is 249 g/mol. The Bertz CT molecular complexity index is 358. The van der Waals surface area contributed by atoms with E-state index < -0.39 is 6.09 Å². The minimum atomic E-state index is -1.05. The van der Waals surface area contributed by atoms with Crippen molar-refractivity contribution in [3.05, 3.63) is 28.5 Å². The van der Waals surface area contributed by atoms with Crippen molar-refractivity contribution in [2.45, 2.75) is 12.3 Å². The lowest BCUT2D eigenvalue weighted by molar-refractivity contribution is 0.194. The van der Waals surface area contributed by atoms with Crippen molar-refractivity contribution in [1.82, 2.24) is 10.3 Å². The molecule has 1 rings (SSSR count). The van der Waals surface area contributed by atoms with Crippen LogP contribution in [0.3, 0.4) is 0 Å². The van der Waals surface area contributed by atoms with Crippen LogP contribution in [-0.2, 0) is 12.3 Å². The summed E-state index contributed by atoms with van der Waals surface area (Å²) in [6, 6.07) is 1.73. The van der Waals surface area contributed by atoms with Crippen LogP contribution in [0.25, 0.3) is 0 Å². The summed E-state index contributed by atoms with van der Waals surface area (Å²) >= 11 is 11.5. The molecule has 0 atom stereocenters. The molecule has 0 saturated heterocycles. The van der Waals surface area contributed by atoms with Crippen LogP contribution in [0.5, 0.6) is 0 Å². The first-order chi connectivity index (χ1) is 7.13. The standard InChI is InChI=1S/C9H10Cl2N2O2/c10-4-6-3-7(11)5-13-8(6)1-2-12-9(14)15/h3,5,12H,1-2,4H2,(H,14,15). The highest BCUT2D eigenvalue weighted by atomic mass is 35.5. The second-order valence-electron chi connectivity index (χ2n) is 2.87. The zero-order valence-corrected chi connectivity index (χ0v) is 9.35. The van der Waals surface area contributed by atoms with Gasteiger partial charge in [-0.05, 0) is 11.6 Å². The highest BCUT2D eigenvalue weighted by Gasteiger charge is 2.04. The van der Waals surface area contributed by atoms with Crippen molar-refractivity contribution in [2.75, 3.05) is 6.54 Å². The van der Waals surface area contributed by atoms with Gasteiger partial charge in [0, 0.05) is 30.7 Å². The summed E-state index contributed by atoms with van der Waals surface area (Å²) in [4.78, 5) is 14.3. The third-order valence-corrected chi connectivity index (χ3v) is 2.30. The molecule has 0 bridgehead atoms. The highest BCUT2D eigenvalue weighted by molar-refractivity contribution is 6.30. The molecule has 15 heavy (non-hydrogen) atoms. The molecule has 0 aliphatic rings. The van der Waals surface area contributed by atoms with E-state index in [9.17, 15) is 4.79 Å². The number of pyridine rings is 1. The van der Waals surface area contributed by atoms with Gasteiger partial charge in [0.05, 0.1) is 5.02 Å². The van der Waals surface area contributed by atoms with Crippen LogP contribution >= 0.6 is 23.2 Å². The summed E-state index contributed by atoms with van der Waals surface area (Å²) in [5.74, 6) is 0.315. The first kappa shape index (κ1) is 12.1. The summed E-state index contributed by atoms with van der Waals surface area (Å²) in [6.45, 7) is 0.313. The highest BCUT2D eigenvalue weighted by Crippen LogP contribution is 2.15. The van der Waals surface area contributed by atoms with Gasteiger partial charge >= 0.3 is 6.09 Å². The Morgan fingerprint density at radius 2 is 2.33 bits per heavy atom. The number of hydrogen-bond donors (Lipinski definition) is 2. The number of hydrogen-bond acceptors (Lipinski definition) is 2. The van der Waals surface area contributed by atoms with Crippen LogP contribution < -0.4 is 5.32 Å². The van der Waals surface area contributed by atoms with E-state index in [2.05, 4.69) is 10.3 Å². The van der Waals surface area contributed by atoms with Crippen LogP contribution in [-0.4, -0.2) is 22.7 Å².